The van der Waals surface area contributed by atoms with Gasteiger partial charge >= 0.3 is 0 Å². The molecule has 0 aliphatic heterocycles. The van der Waals surface area contributed by atoms with Gasteiger partial charge in [-0.05, 0) is 19.1 Å². The topological polar surface area (TPSA) is 76.3 Å². The van der Waals surface area contributed by atoms with Crippen LogP contribution in [0.5, 0.6) is 11.6 Å². The van der Waals surface area contributed by atoms with Crippen LogP contribution in [0.15, 0.2) is 30.5 Å². The maximum Gasteiger partial charge on any atom is 0.240 e. The van der Waals surface area contributed by atoms with E-state index in [-0.39, 0.29) is 0 Å². The Balaban J connectivity index is 2.28. The molecule has 0 amide bonds. The molecule has 0 aliphatic carbocycles. The van der Waals surface area contributed by atoms with Gasteiger partial charge in [0.05, 0.1) is 0 Å². The summed E-state index contributed by atoms with van der Waals surface area (Å²) in [5.74, 6) is 6.82. The van der Waals surface area contributed by atoms with Crippen molar-refractivity contribution >= 4 is 11.6 Å². The van der Waals surface area contributed by atoms with Crippen LogP contribution < -0.4 is 20.9 Å². The Morgan fingerprint density at radius 3 is 2.79 bits per heavy atom. The first kappa shape index (κ1) is 13.1. The Morgan fingerprint density at radius 2 is 2.11 bits per heavy atom. The van der Waals surface area contributed by atoms with Crippen molar-refractivity contribution in [3.63, 3.8) is 0 Å². The van der Waals surface area contributed by atoms with Crippen LogP contribution in [0.3, 0.4) is 0 Å². The molecule has 0 unspecified atom stereocenters. The largest absolute Gasteiger partial charge is 0.438 e. The van der Waals surface area contributed by atoms with Gasteiger partial charge in [0.15, 0.2) is 0 Å². The van der Waals surface area contributed by atoms with E-state index >= 15 is 0 Å². The van der Waals surface area contributed by atoms with E-state index in [1.54, 1.807) is 6.20 Å². The van der Waals surface area contributed by atoms with Gasteiger partial charge in [-0.15, -0.1) is 0 Å². The molecule has 2 aromatic rings. The van der Waals surface area contributed by atoms with E-state index in [0.717, 1.165) is 17.0 Å². The zero-order valence-electron chi connectivity index (χ0n) is 11.2. The summed E-state index contributed by atoms with van der Waals surface area (Å²) in [7, 11) is 3.96. The van der Waals surface area contributed by atoms with E-state index in [4.69, 9.17) is 10.6 Å². The van der Waals surface area contributed by atoms with Crippen molar-refractivity contribution in [2.24, 2.45) is 5.84 Å². The monoisotopic (exact) mass is 259 g/mol. The van der Waals surface area contributed by atoms with E-state index in [9.17, 15) is 0 Å². The zero-order chi connectivity index (χ0) is 13.8. The fourth-order valence-electron chi connectivity index (χ4n) is 1.54. The Kier molecular flexibility index (Phi) is 3.82. The molecule has 0 spiro atoms. The maximum atomic E-state index is 5.77. The molecule has 0 atom stereocenters. The number of nitrogens with one attached hydrogen (secondary N) is 1. The smallest absolute Gasteiger partial charge is 0.240 e. The van der Waals surface area contributed by atoms with Crippen molar-refractivity contribution in [2.45, 2.75) is 6.92 Å². The van der Waals surface area contributed by atoms with Gasteiger partial charge in [0.2, 0.25) is 11.8 Å². The van der Waals surface area contributed by atoms with E-state index < -0.39 is 0 Å². The van der Waals surface area contributed by atoms with Crippen LogP contribution in [0.2, 0.25) is 0 Å². The highest BCUT2D eigenvalue weighted by atomic mass is 16.5. The van der Waals surface area contributed by atoms with Gasteiger partial charge in [0, 0.05) is 37.6 Å². The summed E-state index contributed by atoms with van der Waals surface area (Å²) in [6.07, 6.45) is 1.66. The fraction of sp³-hybridized carbons (Fsp3) is 0.231. The third-order valence-electron chi connectivity index (χ3n) is 2.60. The Labute approximate surface area is 112 Å². The Hall–Kier alpha value is -2.34. The molecule has 2 rings (SSSR count). The lowest BCUT2D eigenvalue weighted by atomic mass is 10.3. The molecule has 0 saturated heterocycles. The second kappa shape index (κ2) is 5.53. The Bertz CT molecular complexity index is 571. The molecule has 19 heavy (non-hydrogen) atoms. The lowest BCUT2D eigenvalue weighted by molar-refractivity contribution is 0.458. The standard InChI is InChI=1S/C13H17N5O/c1-9-8-15-13(17-14)16-12(9)19-11-6-4-5-10(7-11)18(2)3/h4-8H,14H2,1-3H3,(H,15,16,17). The molecule has 0 aliphatic rings. The van der Waals surface area contributed by atoms with Crippen molar-refractivity contribution in [3.8, 4) is 11.6 Å². The first-order valence-corrected chi connectivity index (χ1v) is 5.85. The number of nitrogen functional groups attached to an aromatic ring is 1. The molecule has 1 heterocycles. The SMILES string of the molecule is Cc1cnc(NN)nc1Oc1cccc(N(C)C)c1. The van der Waals surface area contributed by atoms with Crippen LogP contribution in [0.4, 0.5) is 11.6 Å². The molecular weight excluding hydrogens is 242 g/mol. The van der Waals surface area contributed by atoms with Gasteiger partial charge < -0.3 is 9.64 Å². The van der Waals surface area contributed by atoms with Gasteiger partial charge in [0.1, 0.15) is 5.75 Å². The number of rotatable bonds is 4. The number of nitrogens with two attached hydrogens (primary N) is 1. The number of hydrogen-bond donors (Lipinski definition) is 2. The third kappa shape index (κ3) is 3.11. The first-order valence-electron chi connectivity index (χ1n) is 5.85. The van der Waals surface area contributed by atoms with Gasteiger partial charge in [0.25, 0.3) is 0 Å². The van der Waals surface area contributed by atoms with E-state index in [1.165, 1.54) is 0 Å². The molecule has 6 heteroatoms. The normalized spacial score (nSPS) is 10.1. The quantitative estimate of drug-likeness (QED) is 0.645. The minimum Gasteiger partial charge on any atom is -0.438 e. The number of anilines is 2. The Morgan fingerprint density at radius 1 is 1.32 bits per heavy atom. The average molecular weight is 259 g/mol. The highest BCUT2D eigenvalue weighted by Gasteiger charge is 2.06. The summed E-state index contributed by atoms with van der Waals surface area (Å²) in [4.78, 5) is 10.2. The third-order valence-corrected chi connectivity index (χ3v) is 2.60. The predicted octanol–water partition coefficient (Wildman–Crippen LogP) is 1.93. The van der Waals surface area contributed by atoms with Gasteiger partial charge in [-0.2, -0.15) is 4.98 Å². The minimum atomic E-state index is 0.323. The lowest BCUT2D eigenvalue weighted by Crippen LogP contribution is -2.11. The molecule has 3 N–H and O–H groups in total. The van der Waals surface area contributed by atoms with E-state index in [0.29, 0.717) is 11.8 Å². The highest BCUT2D eigenvalue weighted by molar-refractivity contribution is 5.50. The second-order valence-electron chi connectivity index (χ2n) is 4.32. The fourth-order valence-corrected chi connectivity index (χ4v) is 1.54. The van der Waals surface area contributed by atoms with Gasteiger partial charge in [-0.25, -0.2) is 10.8 Å². The summed E-state index contributed by atoms with van der Waals surface area (Å²) in [5.41, 5.74) is 4.30. The number of aromatic nitrogens is 2. The number of ether oxygens (including phenoxy) is 1. The number of benzene rings is 1. The van der Waals surface area contributed by atoms with Gasteiger partial charge in [-0.3, -0.25) is 5.43 Å². The molecule has 0 fully saturated rings. The molecule has 1 aromatic carbocycles. The maximum absolute atomic E-state index is 5.77. The summed E-state index contributed by atoms with van der Waals surface area (Å²) >= 11 is 0. The molecule has 0 saturated carbocycles. The predicted molar refractivity (Wildman–Crippen MR) is 75.4 cm³/mol. The molecule has 0 bridgehead atoms. The molecule has 0 radical (unpaired) electrons. The van der Waals surface area contributed by atoms with Crippen molar-refractivity contribution in [1.82, 2.24) is 9.97 Å². The summed E-state index contributed by atoms with van der Waals surface area (Å²) in [5, 5.41) is 0. The minimum absolute atomic E-state index is 0.323. The number of hydrazine groups is 1. The first-order chi connectivity index (χ1) is 9.10. The van der Waals surface area contributed by atoms with Gasteiger partial charge in [-0.1, -0.05) is 6.07 Å². The zero-order valence-corrected chi connectivity index (χ0v) is 11.2. The van der Waals surface area contributed by atoms with Crippen LogP contribution in [0.25, 0.3) is 0 Å². The van der Waals surface area contributed by atoms with Crippen LogP contribution in [-0.2, 0) is 0 Å². The van der Waals surface area contributed by atoms with Crippen molar-refractivity contribution in [2.75, 3.05) is 24.4 Å². The second-order valence-corrected chi connectivity index (χ2v) is 4.32. The highest BCUT2D eigenvalue weighted by Crippen LogP contribution is 2.26. The van der Waals surface area contributed by atoms with Crippen LogP contribution in [0.1, 0.15) is 5.56 Å². The van der Waals surface area contributed by atoms with Crippen LogP contribution in [0, 0.1) is 6.92 Å². The molecule has 1 aromatic heterocycles. The summed E-state index contributed by atoms with van der Waals surface area (Å²) in [6.45, 7) is 1.88. The number of nitrogens with zero attached hydrogens (tertiary/aromatic N) is 3. The van der Waals surface area contributed by atoms with Crippen LogP contribution in [-0.4, -0.2) is 24.1 Å². The van der Waals surface area contributed by atoms with E-state index in [1.807, 2.05) is 50.2 Å². The molecule has 6 nitrogen and oxygen atoms in total. The van der Waals surface area contributed by atoms with Crippen molar-refractivity contribution in [1.29, 1.82) is 0 Å². The summed E-state index contributed by atoms with van der Waals surface area (Å²) in [6, 6.07) is 7.76. The summed E-state index contributed by atoms with van der Waals surface area (Å²) < 4.78 is 5.77. The lowest BCUT2D eigenvalue weighted by Gasteiger charge is -2.14. The number of aryl methyl sites for hydroxylation is 1. The van der Waals surface area contributed by atoms with Crippen molar-refractivity contribution in [3.05, 3.63) is 36.0 Å². The van der Waals surface area contributed by atoms with Crippen LogP contribution >= 0.6 is 0 Å². The average Bonchev–Trinajstić information content (AvgIpc) is 2.41. The molecule has 100 valence electrons. The van der Waals surface area contributed by atoms with E-state index in [2.05, 4.69) is 15.4 Å². The van der Waals surface area contributed by atoms with Crippen molar-refractivity contribution < 1.29 is 4.74 Å². The molecular formula is C13H17N5O. The number of hydrogen-bond acceptors (Lipinski definition) is 6.